The Morgan fingerprint density at radius 3 is 2.85 bits per heavy atom. The molecule has 0 atom stereocenters. The van der Waals surface area contributed by atoms with Gasteiger partial charge in [-0.1, -0.05) is 25.2 Å². The molecule has 1 heterocycles. The van der Waals surface area contributed by atoms with Crippen LogP contribution < -0.4 is 5.32 Å². The molecule has 2 rings (SSSR count). The van der Waals surface area contributed by atoms with E-state index >= 15 is 0 Å². The fourth-order valence-electron chi connectivity index (χ4n) is 1.54. The van der Waals surface area contributed by atoms with Gasteiger partial charge >= 0.3 is 0 Å². The summed E-state index contributed by atoms with van der Waals surface area (Å²) < 4.78 is 13.4. The second-order valence-corrected chi connectivity index (χ2v) is 6.60. The Balaban J connectivity index is 2.07. The highest BCUT2D eigenvalue weighted by Gasteiger charge is 2.12. The summed E-state index contributed by atoms with van der Waals surface area (Å²) in [7, 11) is 0. The van der Waals surface area contributed by atoms with E-state index in [4.69, 9.17) is 0 Å². The summed E-state index contributed by atoms with van der Waals surface area (Å²) in [5.74, 6) is -0.255. The zero-order valence-corrected chi connectivity index (χ0v) is 13.4. The maximum Gasteiger partial charge on any atom is 0.257 e. The molecule has 0 unspecified atom stereocenters. The van der Waals surface area contributed by atoms with Crippen molar-refractivity contribution in [3.05, 3.63) is 39.1 Å². The molecular formula is C13H13BrFN3OS. The molecule has 106 valence electrons. The average molecular weight is 358 g/mol. The highest BCUT2D eigenvalue weighted by Crippen LogP contribution is 2.21. The number of hydrogen-bond donors (Lipinski definition) is 1. The van der Waals surface area contributed by atoms with Crippen molar-refractivity contribution in [3.63, 3.8) is 0 Å². The molecule has 0 radical (unpaired) electrons. The lowest BCUT2D eigenvalue weighted by molar-refractivity contribution is 0.102. The number of hydrogen-bond acceptors (Lipinski definition) is 4. The molecule has 20 heavy (non-hydrogen) atoms. The van der Waals surface area contributed by atoms with Crippen LogP contribution in [0.3, 0.4) is 0 Å². The van der Waals surface area contributed by atoms with Gasteiger partial charge in [-0.25, -0.2) is 4.39 Å². The molecule has 1 aromatic carbocycles. The zero-order chi connectivity index (χ0) is 14.7. The number of aromatic nitrogens is 2. The lowest BCUT2D eigenvalue weighted by atomic mass is 10.1. The molecule has 0 saturated carbocycles. The maximum absolute atomic E-state index is 13.1. The largest absolute Gasteiger partial charge is 0.296 e. The number of amides is 1. The summed E-state index contributed by atoms with van der Waals surface area (Å²) in [6, 6.07) is 4.09. The number of nitrogens with one attached hydrogen (secondary N) is 1. The maximum atomic E-state index is 13.1. The minimum Gasteiger partial charge on any atom is -0.296 e. The molecule has 0 aliphatic heterocycles. The quantitative estimate of drug-likeness (QED) is 0.902. The molecule has 0 aliphatic rings. The van der Waals surface area contributed by atoms with Crippen LogP contribution in [0.1, 0.15) is 29.2 Å². The Morgan fingerprint density at radius 2 is 2.20 bits per heavy atom. The highest BCUT2D eigenvalue weighted by atomic mass is 79.9. The molecule has 1 aromatic heterocycles. The SMILES string of the molecule is CC(C)Cc1nnc(NC(=O)c2ccc(F)c(Br)c2)s1. The second kappa shape index (κ2) is 6.41. The van der Waals surface area contributed by atoms with Crippen molar-refractivity contribution < 1.29 is 9.18 Å². The summed E-state index contributed by atoms with van der Waals surface area (Å²) in [5.41, 5.74) is 0.360. The van der Waals surface area contributed by atoms with Crippen LogP contribution in [0, 0.1) is 11.7 Å². The third-order valence-corrected chi connectivity index (χ3v) is 3.92. The number of anilines is 1. The Labute approximate surface area is 128 Å². The van der Waals surface area contributed by atoms with Gasteiger partial charge in [0, 0.05) is 12.0 Å². The Morgan fingerprint density at radius 1 is 1.45 bits per heavy atom. The number of nitrogens with zero attached hydrogens (tertiary/aromatic N) is 2. The lowest BCUT2D eigenvalue weighted by Crippen LogP contribution is -2.11. The van der Waals surface area contributed by atoms with Crippen LogP contribution in [0.5, 0.6) is 0 Å². The van der Waals surface area contributed by atoms with Gasteiger partial charge in [-0.15, -0.1) is 10.2 Å². The van der Waals surface area contributed by atoms with Crippen LogP contribution in [0.4, 0.5) is 9.52 Å². The van der Waals surface area contributed by atoms with E-state index in [-0.39, 0.29) is 10.4 Å². The molecule has 4 nitrogen and oxygen atoms in total. The minimum atomic E-state index is -0.406. The van der Waals surface area contributed by atoms with E-state index in [2.05, 4.69) is 45.3 Å². The van der Waals surface area contributed by atoms with E-state index in [0.29, 0.717) is 16.6 Å². The fraction of sp³-hybridized carbons (Fsp3) is 0.308. The third-order valence-electron chi connectivity index (χ3n) is 2.45. The van der Waals surface area contributed by atoms with E-state index in [9.17, 15) is 9.18 Å². The van der Waals surface area contributed by atoms with Gasteiger partial charge in [0.1, 0.15) is 10.8 Å². The van der Waals surface area contributed by atoms with Crippen molar-refractivity contribution >= 4 is 38.3 Å². The number of benzene rings is 1. The molecule has 0 fully saturated rings. The summed E-state index contributed by atoms with van der Waals surface area (Å²) >= 11 is 4.40. The van der Waals surface area contributed by atoms with E-state index in [0.717, 1.165) is 11.4 Å². The Bertz CT molecular complexity index is 630. The van der Waals surface area contributed by atoms with Crippen LogP contribution in [-0.4, -0.2) is 16.1 Å². The van der Waals surface area contributed by atoms with Crippen molar-refractivity contribution in [2.75, 3.05) is 5.32 Å². The number of carbonyl (C=O) groups excluding carboxylic acids is 1. The first-order chi connectivity index (χ1) is 9.45. The van der Waals surface area contributed by atoms with Gasteiger partial charge in [-0.3, -0.25) is 10.1 Å². The fourth-order valence-corrected chi connectivity index (χ4v) is 2.87. The molecule has 0 saturated heterocycles. The Hall–Kier alpha value is -1.34. The molecular weight excluding hydrogens is 345 g/mol. The van der Waals surface area contributed by atoms with Gasteiger partial charge in [0.2, 0.25) is 5.13 Å². The van der Waals surface area contributed by atoms with E-state index in [1.165, 1.54) is 29.5 Å². The van der Waals surface area contributed by atoms with Gasteiger partial charge < -0.3 is 0 Å². The predicted molar refractivity (Wildman–Crippen MR) is 80.5 cm³/mol. The van der Waals surface area contributed by atoms with Crippen LogP contribution in [0.15, 0.2) is 22.7 Å². The third kappa shape index (κ3) is 3.83. The molecule has 0 spiro atoms. The van der Waals surface area contributed by atoms with Crippen molar-refractivity contribution in [2.24, 2.45) is 5.92 Å². The van der Waals surface area contributed by atoms with E-state index in [1.54, 1.807) is 0 Å². The first-order valence-electron chi connectivity index (χ1n) is 6.04. The molecule has 1 N–H and O–H groups in total. The lowest BCUT2D eigenvalue weighted by Gasteiger charge is -2.02. The zero-order valence-electron chi connectivity index (χ0n) is 11.0. The van der Waals surface area contributed by atoms with E-state index < -0.39 is 5.82 Å². The summed E-state index contributed by atoms with van der Waals surface area (Å²) in [4.78, 5) is 12.0. The number of halogens is 2. The van der Waals surface area contributed by atoms with Crippen LogP contribution in [0.2, 0.25) is 0 Å². The minimum absolute atomic E-state index is 0.253. The predicted octanol–water partition coefficient (Wildman–Crippen LogP) is 3.89. The monoisotopic (exact) mass is 357 g/mol. The Kier molecular flexibility index (Phi) is 4.82. The van der Waals surface area contributed by atoms with Crippen molar-refractivity contribution in [2.45, 2.75) is 20.3 Å². The number of rotatable bonds is 4. The van der Waals surface area contributed by atoms with Crippen molar-refractivity contribution in [3.8, 4) is 0 Å². The smallest absolute Gasteiger partial charge is 0.257 e. The second-order valence-electron chi connectivity index (χ2n) is 4.68. The van der Waals surface area contributed by atoms with Crippen LogP contribution >= 0.6 is 27.3 Å². The molecule has 7 heteroatoms. The van der Waals surface area contributed by atoms with Gasteiger partial charge in [0.15, 0.2) is 0 Å². The highest BCUT2D eigenvalue weighted by molar-refractivity contribution is 9.10. The van der Waals surface area contributed by atoms with Gasteiger partial charge in [-0.05, 0) is 40.0 Å². The van der Waals surface area contributed by atoms with Gasteiger partial charge in [0.05, 0.1) is 4.47 Å². The molecule has 1 amide bonds. The molecule has 0 bridgehead atoms. The summed E-state index contributed by atoms with van der Waals surface area (Å²) in [6.45, 7) is 4.19. The summed E-state index contributed by atoms with van der Waals surface area (Å²) in [5, 5.41) is 11.9. The first kappa shape index (κ1) is 15.1. The standard InChI is InChI=1S/C13H13BrFN3OS/c1-7(2)5-11-17-18-13(20-11)16-12(19)8-3-4-10(15)9(14)6-8/h3-4,6-7H,5H2,1-2H3,(H,16,18,19). The van der Waals surface area contributed by atoms with Crippen molar-refractivity contribution in [1.82, 2.24) is 10.2 Å². The van der Waals surface area contributed by atoms with Gasteiger partial charge in [-0.2, -0.15) is 0 Å². The number of carbonyl (C=O) groups is 1. The molecule has 0 aliphatic carbocycles. The van der Waals surface area contributed by atoms with E-state index in [1.807, 2.05) is 0 Å². The summed E-state index contributed by atoms with van der Waals surface area (Å²) in [6.07, 6.45) is 0.829. The van der Waals surface area contributed by atoms with Crippen LogP contribution in [-0.2, 0) is 6.42 Å². The van der Waals surface area contributed by atoms with Gasteiger partial charge in [0.25, 0.3) is 5.91 Å². The first-order valence-corrected chi connectivity index (χ1v) is 7.65. The molecule has 2 aromatic rings. The van der Waals surface area contributed by atoms with Crippen molar-refractivity contribution in [1.29, 1.82) is 0 Å². The average Bonchev–Trinajstić information content (AvgIpc) is 2.79. The normalized spacial score (nSPS) is 10.8. The topological polar surface area (TPSA) is 54.9 Å². The van der Waals surface area contributed by atoms with Crippen LogP contribution in [0.25, 0.3) is 0 Å².